The van der Waals surface area contributed by atoms with Gasteiger partial charge in [0.2, 0.25) is 0 Å². The summed E-state index contributed by atoms with van der Waals surface area (Å²) >= 11 is 0. The van der Waals surface area contributed by atoms with E-state index in [-0.39, 0.29) is 0 Å². The lowest BCUT2D eigenvalue weighted by atomic mass is 9.99. The molecule has 0 aliphatic carbocycles. The van der Waals surface area contributed by atoms with Crippen LogP contribution in [0, 0.1) is 0 Å². The monoisotopic (exact) mass is 308 g/mol. The quantitative estimate of drug-likeness (QED) is 0.418. The van der Waals surface area contributed by atoms with Crippen molar-refractivity contribution in [3.05, 3.63) is 64.5 Å². The van der Waals surface area contributed by atoms with E-state index >= 15 is 0 Å². The van der Waals surface area contributed by atoms with Crippen molar-refractivity contribution in [1.29, 1.82) is 0 Å². The van der Waals surface area contributed by atoms with Crippen LogP contribution in [0.15, 0.2) is 57.7 Å². The summed E-state index contributed by atoms with van der Waals surface area (Å²) in [5, 5.41) is 0.823. The first kappa shape index (κ1) is 15.0. The van der Waals surface area contributed by atoms with Crippen molar-refractivity contribution in [2.24, 2.45) is 0 Å². The normalized spacial score (nSPS) is 10.7. The van der Waals surface area contributed by atoms with Crippen molar-refractivity contribution in [2.45, 2.75) is 20.3 Å². The maximum Gasteiger partial charge on any atom is 0.336 e. The third kappa shape index (κ3) is 3.01. The highest BCUT2D eigenvalue weighted by Crippen LogP contribution is 2.32. The Kier molecular flexibility index (Phi) is 3.98. The molecule has 0 N–H and O–H groups in total. The van der Waals surface area contributed by atoms with Gasteiger partial charge in [-0.25, -0.2) is 4.79 Å². The average molecular weight is 308 g/mol. The lowest BCUT2D eigenvalue weighted by Crippen LogP contribution is -2.05. The van der Waals surface area contributed by atoms with Gasteiger partial charge in [-0.15, -0.1) is 0 Å². The number of fused-ring (bicyclic) bond motifs is 1. The molecule has 0 unspecified atom stereocenters. The number of carbonyl (C=O) groups excluding carboxylic acids is 1. The van der Waals surface area contributed by atoms with Crippen LogP contribution in [-0.4, -0.2) is 5.97 Å². The molecule has 1 aromatic heterocycles. The number of carbonyl (C=O) groups is 1. The van der Waals surface area contributed by atoms with Gasteiger partial charge in [-0.1, -0.05) is 37.3 Å². The molecular formula is C19H16O4. The summed E-state index contributed by atoms with van der Waals surface area (Å²) in [6, 6.07) is 14.7. The molecule has 0 fully saturated rings. The van der Waals surface area contributed by atoms with Crippen LogP contribution in [-0.2, 0) is 11.2 Å². The minimum Gasteiger partial charge on any atom is -0.426 e. The molecule has 0 radical (unpaired) electrons. The second-order valence-corrected chi connectivity index (χ2v) is 5.25. The van der Waals surface area contributed by atoms with Crippen LogP contribution in [0.3, 0.4) is 0 Å². The summed E-state index contributed by atoms with van der Waals surface area (Å²) in [6.45, 7) is 3.33. The highest BCUT2D eigenvalue weighted by Gasteiger charge is 2.13. The highest BCUT2D eigenvalue weighted by atomic mass is 16.5. The lowest BCUT2D eigenvalue weighted by molar-refractivity contribution is -0.131. The summed E-state index contributed by atoms with van der Waals surface area (Å²) in [4.78, 5) is 23.1. The molecule has 0 saturated carbocycles. The van der Waals surface area contributed by atoms with Gasteiger partial charge < -0.3 is 9.15 Å². The van der Waals surface area contributed by atoms with Gasteiger partial charge >= 0.3 is 11.6 Å². The molecule has 4 nitrogen and oxygen atoms in total. The Labute approximate surface area is 133 Å². The maximum absolute atomic E-state index is 11.9. The first-order valence-corrected chi connectivity index (χ1v) is 7.43. The van der Waals surface area contributed by atoms with Crippen LogP contribution in [0.5, 0.6) is 5.75 Å². The van der Waals surface area contributed by atoms with Crippen molar-refractivity contribution in [2.75, 3.05) is 0 Å². The predicted octanol–water partition coefficient (Wildman–Crippen LogP) is 3.95. The van der Waals surface area contributed by atoms with Crippen LogP contribution >= 0.6 is 0 Å². The summed E-state index contributed by atoms with van der Waals surface area (Å²) < 4.78 is 10.5. The number of ether oxygens (including phenoxy) is 1. The second kappa shape index (κ2) is 6.08. The molecule has 116 valence electrons. The molecule has 23 heavy (non-hydrogen) atoms. The summed E-state index contributed by atoms with van der Waals surface area (Å²) in [5.41, 5.74) is 2.60. The Balaban J connectivity index is 2.30. The van der Waals surface area contributed by atoms with Crippen LogP contribution < -0.4 is 10.4 Å². The number of aryl methyl sites for hydroxylation is 1. The zero-order valence-corrected chi connectivity index (χ0v) is 13.0. The lowest BCUT2D eigenvalue weighted by Gasteiger charge is -2.11. The fourth-order valence-electron chi connectivity index (χ4n) is 2.62. The molecule has 4 heteroatoms. The van der Waals surface area contributed by atoms with Crippen molar-refractivity contribution < 1.29 is 13.9 Å². The Morgan fingerprint density at radius 1 is 1.13 bits per heavy atom. The van der Waals surface area contributed by atoms with E-state index in [9.17, 15) is 9.59 Å². The van der Waals surface area contributed by atoms with Crippen molar-refractivity contribution in [3.8, 4) is 16.9 Å². The van der Waals surface area contributed by atoms with Gasteiger partial charge in [0.25, 0.3) is 0 Å². The first-order valence-electron chi connectivity index (χ1n) is 7.43. The van der Waals surface area contributed by atoms with E-state index < -0.39 is 11.6 Å². The molecule has 0 spiro atoms. The number of esters is 1. The van der Waals surface area contributed by atoms with Gasteiger partial charge in [-0.2, -0.15) is 0 Å². The van der Waals surface area contributed by atoms with Crippen LogP contribution in [0.4, 0.5) is 0 Å². The minimum absolute atomic E-state index is 0.402. The molecule has 0 aliphatic heterocycles. The molecule has 1 heterocycles. The van der Waals surface area contributed by atoms with E-state index in [1.165, 1.54) is 13.0 Å². The third-order valence-electron chi connectivity index (χ3n) is 3.64. The molecule has 3 rings (SSSR count). The van der Waals surface area contributed by atoms with E-state index in [0.717, 1.165) is 22.1 Å². The van der Waals surface area contributed by atoms with Gasteiger partial charge in [0.05, 0.1) is 0 Å². The SMILES string of the molecule is CCc1cc2c(-c3ccccc3)cc(=O)oc2cc1OC(C)=O. The van der Waals surface area contributed by atoms with Crippen molar-refractivity contribution in [1.82, 2.24) is 0 Å². The van der Waals surface area contributed by atoms with Crippen LogP contribution in [0.1, 0.15) is 19.4 Å². The van der Waals surface area contributed by atoms with Gasteiger partial charge in [-0.3, -0.25) is 4.79 Å². The second-order valence-electron chi connectivity index (χ2n) is 5.25. The Morgan fingerprint density at radius 2 is 1.87 bits per heavy atom. The van der Waals surface area contributed by atoms with Gasteiger partial charge in [0.1, 0.15) is 11.3 Å². The van der Waals surface area contributed by atoms with Crippen molar-refractivity contribution in [3.63, 3.8) is 0 Å². The zero-order chi connectivity index (χ0) is 16.4. The first-order chi connectivity index (χ1) is 11.1. The molecule has 3 aromatic rings. The Morgan fingerprint density at radius 3 is 2.52 bits per heavy atom. The molecule has 0 aliphatic rings. The zero-order valence-electron chi connectivity index (χ0n) is 13.0. The summed E-state index contributed by atoms with van der Waals surface area (Å²) in [6.07, 6.45) is 0.700. The maximum atomic E-state index is 11.9. The van der Waals surface area contributed by atoms with Crippen LogP contribution in [0.2, 0.25) is 0 Å². The smallest absolute Gasteiger partial charge is 0.336 e. The van der Waals surface area contributed by atoms with Gasteiger partial charge in [0, 0.05) is 24.4 Å². The molecule has 2 aromatic carbocycles. The number of rotatable bonds is 3. The average Bonchev–Trinajstić information content (AvgIpc) is 2.53. The van der Waals surface area contributed by atoms with E-state index in [2.05, 4.69) is 0 Å². The van der Waals surface area contributed by atoms with Crippen LogP contribution in [0.25, 0.3) is 22.1 Å². The molecule has 0 saturated heterocycles. The minimum atomic E-state index is -0.436. The molecule has 0 atom stereocenters. The number of hydrogen-bond acceptors (Lipinski definition) is 4. The molecular weight excluding hydrogens is 292 g/mol. The van der Waals surface area contributed by atoms with Gasteiger partial charge in [0.15, 0.2) is 0 Å². The number of benzene rings is 2. The largest absolute Gasteiger partial charge is 0.426 e. The number of hydrogen-bond donors (Lipinski definition) is 0. The van der Waals surface area contributed by atoms with E-state index in [1.54, 1.807) is 6.07 Å². The molecule has 0 amide bonds. The predicted molar refractivity (Wildman–Crippen MR) is 88.6 cm³/mol. The molecule has 0 bridgehead atoms. The summed E-state index contributed by atoms with van der Waals surface area (Å²) in [7, 11) is 0. The third-order valence-corrected chi connectivity index (χ3v) is 3.64. The van der Waals surface area contributed by atoms with E-state index in [1.807, 2.05) is 43.3 Å². The summed E-state index contributed by atoms with van der Waals surface area (Å²) in [5.74, 6) is 0.0291. The fourth-order valence-corrected chi connectivity index (χ4v) is 2.62. The fraction of sp³-hybridized carbons (Fsp3) is 0.158. The Bertz CT molecular complexity index is 923. The van der Waals surface area contributed by atoms with Gasteiger partial charge in [-0.05, 0) is 29.2 Å². The van der Waals surface area contributed by atoms with Crippen molar-refractivity contribution >= 4 is 16.9 Å². The van der Waals surface area contributed by atoms with E-state index in [0.29, 0.717) is 17.8 Å². The standard InChI is InChI=1S/C19H16O4/c1-3-13-9-16-15(14-7-5-4-6-8-14)10-19(21)23-18(16)11-17(13)22-12(2)20/h4-11H,3H2,1-2H3. The highest BCUT2D eigenvalue weighted by molar-refractivity contribution is 5.94. The van der Waals surface area contributed by atoms with E-state index in [4.69, 9.17) is 9.15 Å². The topological polar surface area (TPSA) is 56.5 Å². The Hall–Kier alpha value is -2.88.